The van der Waals surface area contributed by atoms with Crippen LogP contribution in [0.1, 0.15) is 32.8 Å². The molecule has 0 radical (unpaired) electrons. The van der Waals surface area contributed by atoms with Gasteiger partial charge in [-0.2, -0.15) is 0 Å². The average molecular weight is 206 g/mol. The Morgan fingerprint density at radius 2 is 1.93 bits per heavy atom. The Kier molecular flexibility index (Phi) is 4.01. The second-order valence-corrected chi connectivity index (χ2v) is 4.71. The van der Waals surface area contributed by atoms with E-state index in [1.165, 1.54) is 5.56 Å². The van der Waals surface area contributed by atoms with E-state index in [1.807, 2.05) is 12.1 Å². The van der Waals surface area contributed by atoms with Gasteiger partial charge >= 0.3 is 0 Å². The average Bonchev–Trinajstić information content (AvgIpc) is 2.10. The van der Waals surface area contributed by atoms with Crippen molar-refractivity contribution in [3.8, 4) is 0 Å². The summed E-state index contributed by atoms with van der Waals surface area (Å²) in [6.45, 7) is 8.76. The van der Waals surface area contributed by atoms with Crippen molar-refractivity contribution < 1.29 is 0 Å². The van der Waals surface area contributed by atoms with Crippen molar-refractivity contribution in [1.82, 2.24) is 0 Å². The van der Waals surface area contributed by atoms with Crippen LogP contribution >= 0.6 is 0 Å². The van der Waals surface area contributed by atoms with E-state index in [-0.39, 0.29) is 0 Å². The van der Waals surface area contributed by atoms with Crippen molar-refractivity contribution in [2.75, 3.05) is 11.1 Å². The molecule has 1 unspecified atom stereocenters. The summed E-state index contributed by atoms with van der Waals surface area (Å²) in [6, 6.07) is 6.48. The fourth-order valence-electron chi connectivity index (χ4n) is 1.90. The van der Waals surface area contributed by atoms with Crippen LogP contribution in [0.15, 0.2) is 18.2 Å². The van der Waals surface area contributed by atoms with Gasteiger partial charge in [0, 0.05) is 6.04 Å². The highest BCUT2D eigenvalue weighted by Crippen LogP contribution is 2.24. The predicted octanol–water partition coefficient (Wildman–Crippen LogP) is 3.42. The van der Waals surface area contributed by atoms with Gasteiger partial charge in [-0.15, -0.1) is 0 Å². The molecule has 0 amide bonds. The Hall–Kier alpha value is -1.18. The van der Waals surface area contributed by atoms with Crippen LogP contribution in [0.3, 0.4) is 0 Å². The summed E-state index contributed by atoms with van der Waals surface area (Å²) < 4.78 is 0. The third-order valence-corrected chi connectivity index (χ3v) is 2.52. The zero-order valence-electron chi connectivity index (χ0n) is 10.2. The molecule has 0 spiro atoms. The predicted molar refractivity (Wildman–Crippen MR) is 68.1 cm³/mol. The molecule has 2 heteroatoms. The third kappa shape index (κ3) is 3.46. The summed E-state index contributed by atoms with van der Waals surface area (Å²) in [4.78, 5) is 0. The van der Waals surface area contributed by atoms with Gasteiger partial charge in [-0.3, -0.25) is 0 Å². The maximum absolute atomic E-state index is 5.94. The van der Waals surface area contributed by atoms with Crippen molar-refractivity contribution in [3.05, 3.63) is 23.8 Å². The highest BCUT2D eigenvalue weighted by molar-refractivity contribution is 5.70. The summed E-state index contributed by atoms with van der Waals surface area (Å²) in [7, 11) is 0. The monoisotopic (exact) mass is 206 g/mol. The van der Waals surface area contributed by atoms with Gasteiger partial charge in [0.2, 0.25) is 0 Å². The Balaban J connectivity index is 2.71. The number of hydrogen-bond donors (Lipinski definition) is 2. The molecule has 0 bridgehead atoms. The topological polar surface area (TPSA) is 38.0 Å². The van der Waals surface area contributed by atoms with Crippen molar-refractivity contribution in [2.45, 2.75) is 40.2 Å². The van der Waals surface area contributed by atoms with Crippen molar-refractivity contribution in [2.24, 2.45) is 5.92 Å². The first-order chi connectivity index (χ1) is 7.00. The second kappa shape index (κ2) is 5.06. The van der Waals surface area contributed by atoms with Gasteiger partial charge in [0.1, 0.15) is 0 Å². The second-order valence-electron chi connectivity index (χ2n) is 4.71. The lowest BCUT2D eigenvalue weighted by Crippen LogP contribution is -2.18. The first-order valence-corrected chi connectivity index (χ1v) is 5.62. The van der Waals surface area contributed by atoms with Gasteiger partial charge in [-0.25, -0.2) is 0 Å². The Morgan fingerprint density at radius 3 is 2.47 bits per heavy atom. The number of para-hydroxylation sites is 1. The third-order valence-electron chi connectivity index (χ3n) is 2.52. The number of benzene rings is 1. The van der Waals surface area contributed by atoms with E-state index in [4.69, 9.17) is 5.73 Å². The number of rotatable bonds is 4. The maximum atomic E-state index is 5.94. The standard InChI is InChI=1S/C13H22N2/c1-9(2)8-11(4)15-13-10(3)6-5-7-12(13)14/h5-7,9,11,15H,8,14H2,1-4H3. The van der Waals surface area contributed by atoms with Crippen LogP contribution in [0.4, 0.5) is 11.4 Å². The van der Waals surface area contributed by atoms with Crippen LogP contribution in [0, 0.1) is 12.8 Å². The lowest BCUT2D eigenvalue weighted by Gasteiger charge is -2.20. The van der Waals surface area contributed by atoms with Crippen molar-refractivity contribution >= 4 is 11.4 Å². The van der Waals surface area contributed by atoms with Crippen molar-refractivity contribution in [1.29, 1.82) is 0 Å². The first-order valence-electron chi connectivity index (χ1n) is 5.62. The first kappa shape index (κ1) is 11.9. The van der Waals surface area contributed by atoms with Crippen LogP contribution in [0.5, 0.6) is 0 Å². The van der Waals surface area contributed by atoms with E-state index in [9.17, 15) is 0 Å². The molecule has 1 rings (SSSR count). The van der Waals surface area contributed by atoms with E-state index in [2.05, 4.69) is 39.1 Å². The van der Waals surface area contributed by atoms with Crippen LogP contribution in [0.2, 0.25) is 0 Å². The van der Waals surface area contributed by atoms with Crippen LogP contribution in [-0.4, -0.2) is 6.04 Å². The molecule has 2 nitrogen and oxygen atoms in total. The summed E-state index contributed by atoms with van der Waals surface area (Å²) in [6.07, 6.45) is 1.16. The number of aryl methyl sites for hydroxylation is 1. The van der Waals surface area contributed by atoms with E-state index in [0.29, 0.717) is 12.0 Å². The van der Waals surface area contributed by atoms with E-state index in [1.54, 1.807) is 0 Å². The fraction of sp³-hybridized carbons (Fsp3) is 0.538. The number of nitrogens with one attached hydrogen (secondary N) is 1. The molecular formula is C13H22N2. The van der Waals surface area contributed by atoms with Crippen LogP contribution in [0.25, 0.3) is 0 Å². The molecule has 3 N–H and O–H groups in total. The number of nitrogens with two attached hydrogens (primary N) is 1. The van der Waals surface area contributed by atoms with Gasteiger partial charge in [0.15, 0.2) is 0 Å². The molecule has 1 aromatic rings. The molecule has 84 valence electrons. The molecule has 1 atom stereocenters. The quantitative estimate of drug-likeness (QED) is 0.741. The number of nitrogen functional groups attached to an aromatic ring is 1. The Morgan fingerprint density at radius 1 is 1.27 bits per heavy atom. The number of hydrogen-bond acceptors (Lipinski definition) is 2. The molecule has 0 saturated carbocycles. The van der Waals surface area contributed by atoms with E-state index in [0.717, 1.165) is 17.8 Å². The summed E-state index contributed by atoms with van der Waals surface area (Å²) >= 11 is 0. The molecule has 0 aliphatic rings. The molecule has 1 aromatic carbocycles. The minimum absolute atomic E-state index is 0.466. The van der Waals surface area contributed by atoms with Gasteiger partial charge in [-0.05, 0) is 37.8 Å². The maximum Gasteiger partial charge on any atom is 0.0605 e. The van der Waals surface area contributed by atoms with E-state index < -0.39 is 0 Å². The highest BCUT2D eigenvalue weighted by atomic mass is 14.9. The lowest BCUT2D eigenvalue weighted by molar-refractivity contribution is 0.540. The SMILES string of the molecule is Cc1cccc(N)c1NC(C)CC(C)C. The fourth-order valence-corrected chi connectivity index (χ4v) is 1.90. The molecule has 0 aliphatic heterocycles. The smallest absolute Gasteiger partial charge is 0.0605 e. The lowest BCUT2D eigenvalue weighted by atomic mass is 10.0. The summed E-state index contributed by atoms with van der Waals surface area (Å²) in [5.74, 6) is 0.706. The molecular weight excluding hydrogens is 184 g/mol. The van der Waals surface area contributed by atoms with Gasteiger partial charge in [0.25, 0.3) is 0 Å². The zero-order chi connectivity index (χ0) is 11.4. The summed E-state index contributed by atoms with van der Waals surface area (Å²) in [5, 5.41) is 3.48. The summed E-state index contributed by atoms with van der Waals surface area (Å²) in [5.41, 5.74) is 9.08. The molecule has 0 saturated heterocycles. The van der Waals surface area contributed by atoms with E-state index >= 15 is 0 Å². The van der Waals surface area contributed by atoms with Crippen molar-refractivity contribution in [3.63, 3.8) is 0 Å². The largest absolute Gasteiger partial charge is 0.397 e. The molecule has 0 heterocycles. The molecule has 0 fully saturated rings. The zero-order valence-corrected chi connectivity index (χ0v) is 10.2. The van der Waals surface area contributed by atoms with Crippen LogP contribution < -0.4 is 11.1 Å². The normalized spacial score (nSPS) is 12.9. The molecule has 0 aliphatic carbocycles. The minimum atomic E-state index is 0.466. The number of anilines is 2. The molecule has 15 heavy (non-hydrogen) atoms. The minimum Gasteiger partial charge on any atom is -0.397 e. The van der Waals surface area contributed by atoms with Gasteiger partial charge < -0.3 is 11.1 Å². The Labute approximate surface area is 92.9 Å². The Bertz CT molecular complexity index is 298. The van der Waals surface area contributed by atoms with Crippen LogP contribution in [-0.2, 0) is 0 Å². The van der Waals surface area contributed by atoms with Gasteiger partial charge in [0.05, 0.1) is 11.4 Å². The molecule has 0 aromatic heterocycles. The highest BCUT2D eigenvalue weighted by Gasteiger charge is 2.08. The van der Waals surface area contributed by atoms with Gasteiger partial charge in [-0.1, -0.05) is 26.0 Å².